The molecule has 0 fully saturated rings. The smallest absolute Gasteiger partial charge is 0.259 e. The second-order valence-corrected chi connectivity index (χ2v) is 10.0. The molecular formula is C23H27N3O2S2. The summed E-state index contributed by atoms with van der Waals surface area (Å²) in [7, 11) is 0. The van der Waals surface area contributed by atoms with Crippen molar-refractivity contribution in [3.05, 3.63) is 62.5 Å². The summed E-state index contributed by atoms with van der Waals surface area (Å²) >= 11 is 3.30. The largest absolute Gasteiger partial charge is 0.355 e. The number of aryl methyl sites for hydroxylation is 2. The van der Waals surface area contributed by atoms with Crippen molar-refractivity contribution in [3.8, 4) is 0 Å². The van der Waals surface area contributed by atoms with Gasteiger partial charge in [0.25, 0.3) is 5.56 Å². The Hall–Kier alpha value is -2.12. The highest BCUT2D eigenvalue weighted by Crippen LogP contribution is 2.33. The topological polar surface area (TPSA) is 74.8 Å². The van der Waals surface area contributed by atoms with E-state index >= 15 is 0 Å². The van der Waals surface area contributed by atoms with Crippen molar-refractivity contribution >= 4 is 39.2 Å². The number of carbonyl (C=O) groups is 1. The van der Waals surface area contributed by atoms with E-state index in [0.717, 1.165) is 29.5 Å². The van der Waals surface area contributed by atoms with Gasteiger partial charge in [0.2, 0.25) is 5.91 Å². The van der Waals surface area contributed by atoms with Crippen LogP contribution in [0.2, 0.25) is 0 Å². The van der Waals surface area contributed by atoms with Crippen LogP contribution < -0.4 is 10.9 Å². The van der Waals surface area contributed by atoms with E-state index in [1.165, 1.54) is 22.4 Å². The maximum absolute atomic E-state index is 12.6. The first-order valence-corrected chi connectivity index (χ1v) is 12.5. The number of aromatic nitrogens is 2. The summed E-state index contributed by atoms with van der Waals surface area (Å²) in [6, 6.07) is 10.2. The Labute approximate surface area is 184 Å². The molecular weight excluding hydrogens is 414 g/mol. The fraction of sp³-hybridized carbons (Fsp3) is 0.435. The van der Waals surface area contributed by atoms with Gasteiger partial charge < -0.3 is 10.3 Å². The number of fused-ring (bicyclic) bond motifs is 3. The third kappa shape index (κ3) is 4.95. The Bertz CT molecular complexity index is 1080. The van der Waals surface area contributed by atoms with Crippen molar-refractivity contribution in [2.75, 3.05) is 12.3 Å². The van der Waals surface area contributed by atoms with E-state index in [0.29, 0.717) is 36.2 Å². The molecule has 0 aliphatic heterocycles. The summed E-state index contributed by atoms with van der Waals surface area (Å²) in [5.74, 6) is 2.37. The zero-order valence-electron chi connectivity index (χ0n) is 17.2. The molecule has 2 heterocycles. The first-order chi connectivity index (χ1) is 14.6. The zero-order chi connectivity index (χ0) is 20.9. The first-order valence-electron chi connectivity index (χ1n) is 10.5. The molecule has 5 nitrogen and oxygen atoms in total. The zero-order valence-corrected chi connectivity index (χ0v) is 18.8. The Morgan fingerprint density at radius 3 is 2.90 bits per heavy atom. The highest BCUT2D eigenvalue weighted by molar-refractivity contribution is 7.98. The van der Waals surface area contributed by atoms with Crippen molar-refractivity contribution in [2.45, 2.75) is 50.7 Å². The lowest BCUT2D eigenvalue weighted by molar-refractivity contribution is -0.120. The summed E-state index contributed by atoms with van der Waals surface area (Å²) in [4.78, 5) is 34.6. The monoisotopic (exact) mass is 441 g/mol. The molecule has 1 atom stereocenters. The number of H-pyrrole nitrogens is 1. The van der Waals surface area contributed by atoms with E-state index < -0.39 is 0 Å². The SMILES string of the molecule is CC(CNC(=O)CCSCc1nc2sc3c(c2c(=O)[nH]1)CCCC3)c1ccccc1. The molecule has 0 saturated heterocycles. The molecule has 4 rings (SSSR count). The van der Waals surface area contributed by atoms with Crippen LogP contribution in [-0.2, 0) is 23.4 Å². The van der Waals surface area contributed by atoms with Crippen LogP contribution in [0.25, 0.3) is 10.2 Å². The highest BCUT2D eigenvalue weighted by Gasteiger charge is 2.19. The van der Waals surface area contributed by atoms with Gasteiger partial charge in [-0.25, -0.2) is 4.98 Å². The number of hydrogen-bond donors (Lipinski definition) is 2. The normalized spacial score (nSPS) is 14.4. The third-order valence-corrected chi connectivity index (χ3v) is 7.72. The van der Waals surface area contributed by atoms with Crippen LogP contribution in [0.15, 0.2) is 35.1 Å². The second-order valence-electron chi connectivity index (χ2n) is 7.82. The molecule has 1 unspecified atom stereocenters. The van der Waals surface area contributed by atoms with Crippen LogP contribution in [-0.4, -0.2) is 28.2 Å². The molecule has 0 saturated carbocycles. The van der Waals surface area contributed by atoms with Gasteiger partial charge in [0, 0.05) is 23.6 Å². The molecule has 1 aromatic carbocycles. The number of amides is 1. The fourth-order valence-electron chi connectivity index (χ4n) is 3.87. The predicted molar refractivity (Wildman–Crippen MR) is 126 cm³/mol. The van der Waals surface area contributed by atoms with Crippen LogP contribution in [0.3, 0.4) is 0 Å². The molecule has 3 aromatic rings. The minimum atomic E-state index is -0.0114. The number of aromatic amines is 1. The highest BCUT2D eigenvalue weighted by atomic mass is 32.2. The van der Waals surface area contributed by atoms with Crippen LogP contribution in [0.4, 0.5) is 0 Å². The van der Waals surface area contributed by atoms with E-state index in [1.807, 2.05) is 18.2 Å². The van der Waals surface area contributed by atoms with Crippen molar-refractivity contribution in [1.29, 1.82) is 0 Å². The number of hydrogen-bond acceptors (Lipinski definition) is 5. The summed E-state index contributed by atoms with van der Waals surface area (Å²) in [5, 5.41) is 3.82. The van der Waals surface area contributed by atoms with Gasteiger partial charge in [-0.1, -0.05) is 37.3 Å². The fourth-order valence-corrected chi connectivity index (χ4v) is 5.95. The van der Waals surface area contributed by atoms with Crippen LogP contribution in [0, 0.1) is 0 Å². The molecule has 158 valence electrons. The Balaban J connectivity index is 1.25. The summed E-state index contributed by atoms with van der Waals surface area (Å²) in [5.41, 5.74) is 2.44. The van der Waals surface area contributed by atoms with Crippen molar-refractivity contribution < 1.29 is 4.79 Å². The first kappa shape index (κ1) is 21.1. The lowest BCUT2D eigenvalue weighted by atomic mass is 9.97. The average molecular weight is 442 g/mol. The van der Waals surface area contributed by atoms with Gasteiger partial charge in [-0.2, -0.15) is 11.8 Å². The molecule has 1 aliphatic rings. The number of nitrogens with one attached hydrogen (secondary N) is 2. The molecule has 30 heavy (non-hydrogen) atoms. The molecule has 0 radical (unpaired) electrons. The number of thiophene rings is 1. The standard InChI is InChI=1S/C23H27N3O2S2/c1-15(16-7-3-2-4-8-16)13-24-20(27)11-12-29-14-19-25-22(28)21-17-9-5-6-10-18(17)30-23(21)26-19/h2-4,7-8,15H,5-6,9-14H2,1H3,(H,24,27)(H,25,26,28). The van der Waals surface area contributed by atoms with Crippen LogP contribution in [0.5, 0.6) is 0 Å². The number of benzene rings is 1. The Morgan fingerprint density at radius 2 is 2.07 bits per heavy atom. The van der Waals surface area contributed by atoms with E-state index in [4.69, 9.17) is 4.98 Å². The van der Waals surface area contributed by atoms with Crippen molar-refractivity contribution in [3.63, 3.8) is 0 Å². The van der Waals surface area contributed by atoms with Crippen molar-refractivity contribution in [1.82, 2.24) is 15.3 Å². The van der Waals surface area contributed by atoms with Gasteiger partial charge in [-0.05, 0) is 42.7 Å². The number of nitrogens with zero attached hydrogens (tertiary/aromatic N) is 1. The van der Waals surface area contributed by atoms with Crippen LogP contribution >= 0.6 is 23.1 Å². The molecule has 1 aliphatic carbocycles. The lowest BCUT2D eigenvalue weighted by Gasteiger charge is -2.13. The molecule has 7 heteroatoms. The third-order valence-electron chi connectivity index (χ3n) is 5.56. The minimum absolute atomic E-state index is 0.0114. The Kier molecular flexibility index (Phi) is 6.89. The van der Waals surface area contributed by atoms with Crippen molar-refractivity contribution in [2.24, 2.45) is 0 Å². The van der Waals surface area contributed by atoms with E-state index in [-0.39, 0.29) is 11.5 Å². The number of thioether (sulfide) groups is 1. The average Bonchev–Trinajstić information content (AvgIpc) is 3.14. The molecule has 0 spiro atoms. The molecule has 2 aromatic heterocycles. The number of rotatable bonds is 8. The maximum Gasteiger partial charge on any atom is 0.259 e. The molecule has 2 N–H and O–H groups in total. The lowest BCUT2D eigenvalue weighted by Crippen LogP contribution is -2.27. The molecule has 1 amide bonds. The summed E-state index contributed by atoms with van der Waals surface area (Å²) in [6.45, 7) is 2.76. The van der Waals surface area contributed by atoms with E-state index in [9.17, 15) is 9.59 Å². The van der Waals surface area contributed by atoms with Gasteiger partial charge in [0.1, 0.15) is 10.7 Å². The Morgan fingerprint density at radius 1 is 1.27 bits per heavy atom. The van der Waals surface area contributed by atoms with Gasteiger partial charge in [0.15, 0.2) is 0 Å². The van der Waals surface area contributed by atoms with Gasteiger partial charge >= 0.3 is 0 Å². The quantitative estimate of drug-likeness (QED) is 0.508. The predicted octanol–water partition coefficient (Wildman–Crippen LogP) is 4.41. The van der Waals surface area contributed by atoms with Crippen LogP contribution in [0.1, 0.15) is 53.9 Å². The summed E-state index contributed by atoms with van der Waals surface area (Å²) < 4.78 is 0. The summed E-state index contributed by atoms with van der Waals surface area (Å²) in [6.07, 6.45) is 4.88. The van der Waals surface area contributed by atoms with E-state index in [1.54, 1.807) is 23.1 Å². The minimum Gasteiger partial charge on any atom is -0.355 e. The maximum atomic E-state index is 12.6. The van der Waals surface area contributed by atoms with E-state index in [2.05, 4.69) is 29.4 Å². The number of carbonyl (C=O) groups excluding carboxylic acids is 1. The van der Waals surface area contributed by atoms with Gasteiger partial charge in [-0.3, -0.25) is 9.59 Å². The van der Waals surface area contributed by atoms with Gasteiger partial charge in [-0.15, -0.1) is 11.3 Å². The molecule has 0 bridgehead atoms. The second kappa shape index (κ2) is 9.79. The van der Waals surface area contributed by atoms with Gasteiger partial charge in [0.05, 0.1) is 11.1 Å².